The van der Waals surface area contributed by atoms with E-state index in [0.717, 1.165) is 70.6 Å². The Kier molecular flexibility index (Phi) is 11.4. The van der Waals surface area contributed by atoms with Gasteiger partial charge in [0.05, 0.1) is 0 Å². The summed E-state index contributed by atoms with van der Waals surface area (Å²) in [6.45, 7) is 24.9. The first kappa shape index (κ1) is 33.5. The standard InChI is InChI=1S/C32H54N2O4S2/c1-11-25-18-27(38-29(36)23(8)9)20-31(14-4,15-5)33(25)39-40-34-30(12-2,13-3)17-16-26(37-28(35)22(6)7)21-32(34)19-24(32)10/h24-27H,6,8,11-21H2,1-5,7,9-10H3. The molecule has 6 nitrogen and oxygen atoms in total. The topological polar surface area (TPSA) is 59.1 Å². The molecule has 3 fully saturated rings. The lowest BCUT2D eigenvalue weighted by Crippen LogP contribution is -2.57. The smallest absolute Gasteiger partial charge is 0.333 e. The minimum absolute atomic E-state index is 0.0261. The molecule has 0 radical (unpaired) electrons. The summed E-state index contributed by atoms with van der Waals surface area (Å²) in [6.07, 6.45) is 10.6. The fourth-order valence-electron chi connectivity index (χ4n) is 7.14. The van der Waals surface area contributed by atoms with Crippen molar-refractivity contribution in [2.45, 2.75) is 161 Å². The third-order valence-corrected chi connectivity index (χ3v) is 13.2. The Balaban J connectivity index is 1.89. The van der Waals surface area contributed by atoms with E-state index in [0.29, 0.717) is 23.1 Å². The normalized spacial score (nSPS) is 31.8. The maximum atomic E-state index is 12.5. The molecule has 0 aromatic rings. The zero-order chi connectivity index (χ0) is 29.9. The summed E-state index contributed by atoms with van der Waals surface area (Å²) < 4.78 is 17.4. The van der Waals surface area contributed by atoms with Crippen LogP contribution in [-0.4, -0.2) is 55.4 Å². The van der Waals surface area contributed by atoms with Crippen LogP contribution in [0, 0.1) is 5.92 Å². The first-order valence-corrected chi connectivity index (χ1v) is 17.6. The van der Waals surface area contributed by atoms with Gasteiger partial charge in [0.25, 0.3) is 0 Å². The number of hydrogen-bond donors (Lipinski definition) is 0. The SMILES string of the molecule is C=C(C)C(=O)OC1CC(CC)N(SSN2C(CC)(CC)CCC(OC(=O)C(=C)C)CC23CC3C)C(CC)(CC)C1. The average Bonchev–Trinajstić information content (AvgIpc) is 3.61. The van der Waals surface area contributed by atoms with Gasteiger partial charge in [0.2, 0.25) is 0 Å². The highest BCUT2D eigenvalue weighted by Crippen LogP contribution is 2.63. The molecule has 0 bridgehead atoms. The summed E-state index contributed by atoms with van der Waals surface area (Å²) in [4.78, 5) is 24.9. The first-order valence-electron chi connectivity index (χ1n) is 15.5. The van der Waals surface area contributed by atoms with E-state index in [-0.39, 0.29) is 40.8 Å². The monoisotopic (exact) mass is 594 g/mol. The van der Waals surface area contributed by atoms with E-state index >= 15 is 0 Å². The van der Waals surface area contributed by atoms with E-state index in [1.165, 1.54) is 0 Å². The van der Waals surface area contributed by atoms with Crippen molar-refractivity contribution in [3.63, 3.8) is 0 Å². The summed E-state index contributed by atoms with van der Waals surface area (Å²) in [5.41, 5.74) is 0.959. The molecule has 3 aliphatic rings. The molecule has 1 aliphatic carbocycles. The predicted molar refractivity (Wildman–Crippen MR) is 169 cm³/mol. The van der Waals surface area contributed by atoms with Gasteiger partial charge in [0.15, 0.2) is 0 Å². The highest BCUT2D eigenvalue weighted by molar-refractivity contribution is 8.74. The van der Waals surface area contributed by atoms with E-state index in [4.69, 9.17) is 9.47 Å². The van der Waals surface area contributed by atoms with Gasteiger partial charge in [0, 0.05) is 75.0 Å². The second-order valence-corrected chi connectivity index (χ2v) is 14.7. The van der Waals surface area contributed by atoms with Gasteiger partial charge in [-0.05, 0) is 71.1 Å². The fraction of sp³-hybridized carbons (Fsp3) is 0.812. The first-order chi connectivity index (χ1) is 18.9. The van der Waals surface area contributed by atoms with Gasteiger partial charge >= 0.3 is 11.9 Å². The number of hydrogen-bond acceptors (Lipinski definition) is 8. The third kappa shape index (κ3) is 6.65. The molecular formula is C32H54N2O4S2. The Hall–Kier alpha value is -0.960. The summed E-state index contributed by atoms with van der Waals surface area (Å²) >= 11 is 0. The Morgan fingerprint density at radius 1 is 0.825 bits per heavy atom. The van der Waals surface area contributed by atoms with Crippen LogP contribution < -0.4 is 0 Å². The van der Waals surface area contributed by atoms with Gasteiger partial charge < -0.3 is 9.47 Å². The van der Waals surface area contributed by atoms with Crippen molar-refractivity contribution >= 4 is 33.9 Å². The van der Waals surface area contributed by atoms with Crippen molar-refractivity contribution in [1.82, 2.24) is 8.61 Å². The lowest BCUT2D eigenvalue weighted by molar-refractivity contribution is -0.150. The van der Waals surface area contributed by atoms with Crippen LogP contribution in [0.2, 0.25) is 0 Å². The number of esters is 2. The molecule has 3 rings (SSSR count). The lowest BCUT2D eigenvalue weighted by atomic mass is 9.79. The van der Waals surface area contributed by atoms with E-state index < -0.39 is 0 Å². The molecule has 1 saturated carbocycles. The van der Waals surface area contributed by atoms with Gasteiger partial charge in [-0.3, -0.25) is 0 Å². The van der Waals surface area contributed by atoms with Crippen LogP contribution in [0.1, 0.15) is 126 Å². The van der Waals surface area contributed by atoms with Gasteiger partial charge in [-0.2, -0.15) is 0 Å². The van der Waals surface area contributed by atoms with Crippen LogP contribution in [0.3, 0.4) is 0 Å². The predicted octanol–water partition coefficient (Wildman–Crippen LogP) is 8.43. The Morgan fingerprint density at radius 2 is 1.35 bits per heavy atom. The fourth-order valence-corrected chi connectivity index (χ4v) is 11.3. The number of piperidine rings is 1. The molecule has 228 valence electrons. The molecule has 0 aromatic carbocycles. The second-order valence-electron chi connectivity index (χ2n) is 12.7. The van der Waals surface area contributed by atoms with Crippen molar-refractivity contribution in [3.05, 3.63) is 24.3 Å². The molecule has 0 amide bonds. The summed E-state index contributed by atoms with van der Waals surface area (Å²) in [5, 5.41) is 0. The van der Waals surface area contributed by atoms with Gasteiger partial charge in [-0.1, -0.05) is 54.7 Å². The second kappa shape index (κ2) is 13.6. The largest absolute Gasteiger partial charge is 0.459 e. The maximum Gasteiger partial charge on any atom is 0.333 e. The minimum atomic E-state index is -0.275. The number of carbonyl (C=O) groups excluding carboxylic acids is 2. The number of ether oxygens (including phenoxy) is 2. The van der Waals surface area contributed by atoms with E-state index in [1.54, 1.807) is 13.8 Å². The van der Waals surface area contributed by atoms with E-state index in [9.17, 15) is 9.59 Å². The Morgan fingerprint density at radius 3 is 1.80 bits per heavy atom. The molecule has 8 heteroatoms. The molecular weight excluding hydrogens is 540 g/mol. The Labute approximate surface area is 252 Å². The van der Waals surface area contributed by atoms with Crippen molar-refractivity contribution in [2.24, 2.45) is 5.92 Å². The lowest BCUT2D eigenvalue weighted by Gasteiger charge is -2.53. The molecule has 2 aliphatic heterocycles. The van der Waals surface area contributed by atoms with Crippen molar-refractivity contribution < 1.29 is 19.1 Å². The number of nitrogens with zero attached hydrogens (tertiary/aromatic N) is 2. The van der Waals surface area contributed by atoms with Crippen LogP contribution in [0.4, 0.5) is 0 Å². The highest BCUT2D eigenvalue weighted by Gasteiger charge is 2.63. The van der Waals surface area contributed by atoms with Gasteiger partial charge in [-0.15, -0.1) is 0 Å². The zero-order valence-corrected chi connectivity index (χ0v) is 28.0. The van der Waals surface area contributed by atoms with Crippen LogP contribution in [0.5, 0.6) is 0 Å². The average molecular weight is 595 g/mol. The quantitative estimate of drug-likeness (QED) is 0.0966. The molecule has 0 aromatic heterocycles. The highest BCUT2D eigenvalue weighted by atomic mass is 33.1. The van der Waals surface area contributed by atoms with Crippen molar-refractivity contribution in [1.29, 1.82) is 0 Å². The molecule has 0 N–H and O–H groups in total. The van der Waals surface area contributed by atoms with Crippen LogP contribution in [0.25, 0.3) is 0 Å². The van der Waals surface area contributed by atoms with Crippen LogP contribution >= 0.6 is 22.0 Å². The number of carbonyl (C=O) groups is 2. The molecule has 2 saturated heterocycles. The maximum absolute atomic E-state index is 12.5. The zero-order valence-electron chi connectivity index (χ0n) is 26.3. The van der Waals surface area contributed by atoms with Crippen LogP contribution in [-0.2, 0) is 19.1 Å². The molecule has 1 spiro atoms. The molecule has 2 heterocycles. The van der Waals surface area contributed by atoms with Crippen molar-refractivity contribution in [2.75, 3.05) is 0 Å². The minimum Gasteiger partial charge on any atom is -0.459 e. The van der Waals surface area contributed by atoms with Gasteiger partial charge in [0.1, 0.15) is 12.2 Å². The van der Waals surface area contributed by atoms with E-state index in [2.05, 4.69) is 63.3 Å². The number of rotatable bonds is 12. The van der Waals surface area contributed by atoms with Gasteiger partial charge in [-0.25, -0.2) is 18.2 Å². The van der Waals surface area contributed by atoms with Crippen molar-refractivity contribution in [3.8, 4) is 0 Å². The third-order valence-electron chi connectivity index (χ3n) is 10.2. The van der Waals surface area contributed by atoms with E-state index in [1.807, 2.05) is 22.0 Å². The van der Waals surface area contributed by atoms with Crippen LogP contribution in [0.15, 0.2) is 24.3 Å². The molecule has 5 unspecified atom stereocenters. The summed E-state index contributed by atoms with van der Waals surface area (Å²) in [6, 6.07) is 0.315. The Bertz CT molecular complexity index is 947. The molecule has 40 heavy (non-hydrogen) atoms. The summed E-state index contributed by atoms with van der Waals surface area (Å²) in [5.74, 6) is 0.0148. The molecule has 5 atom stereocenters. The summed E-state index contributed by atoms with van der Waals surface area (Å²) in [7, 11) is 3.86.